The second-order valence-corrected chi connectivity index (χ2v) is 5.31. The van der Waals surface area contributed by atoms with Crippen molar-refractivity contribution in [2.45, 2.75) is 39.2 Å². The fourth-order valence-corrected chi connectivity index (χ4v) is 2.74. The Labute approximate surface area is 115 Å². The van der Waals surface area contributed by atoms with E-state index >= 15 is 0 Å². The Morgan fingerprint density at radius 3 is 3.00 bits per heavy atom. The molecule has 1 heterocycles. The molecule has 3 N–H and O–H groups in total. The van der Waals surface area contributed by atoms with Crippen LogP contribution in [0, 0.1) is 6.92 Å². The van der Waals surface area contributed by atoms with Crippen LogP contribution in [0.1, 0.15) is 31.7 Å². The predicted molar refractivity (Wildman–Crippen MR) is 79.1 cm³/mol. The van der Waals surface area contributed by atoms with Crippen molar-refractivity contribution in [2.24, 2.45) is 0 Å². The molecular formula is C15H23N3O. The number of carbonyl (C=O) groups excluding carboxylic acids is 1. The van der Waals surface area contributed by atoms with Crippen molar-refractivity contribution in [2.75, 3.05) is 24.1 Å². The topological polar surface area (TPSA) is 58.4 Å². The minimum atomic E-state index is 0.0240. The van der Waals surface area contributed by atoms with Crippen molar-refractivity contribution in [3.63, 3.8) is 0 Å². The van der Waals surface area contributed by atoms with Gasteiger partial charge in [0.25, 0.3) is 0 Å². The molecule has 0 aromatic heterocycles. The minimum absolute atomic E-state index is 0.0240. The molecule has 0 aliphatic carbocycles. The first-order valence-electron chi connectivity index (χ1n) is 7.00. The van der Waals surface area contributed by atoms with Gasteiger partial charge < -0.3 is 11.1 Å². The van der Waals surface area contributed by atoms with Gasteiger partial charge >= 0.3 is 0 Å². The van der Waals surface area contributed by atoms with Crippen LogP contribution in [-0.4, -0.2) is 29.9 Å². The summed E-state index contributed by atoms with van der Waals surface area (Å²) in [6.07, 6.45) is 3.51. The van der Waals surface area contributed by atoms with Crippen LogP contribution in [0.5, 0.6) is 0 Å². The van der Waals surface area contributed by atoms with Crippen LogP contribution in [0.15, 0.2) is 18.2 Å². The largest absolute Gasteiger partial charge is 0.397 e. The summed E-state index contributed by atoms with van der Waals surface area (Å²) in [5.74, 6) is 0.0240. The highest BCUT2D eigenvalue weighted by Gasteiger charge is 2.24. The van der Waals surface area contributed by atoms with Gasteiger partial charge in [-0.3, -0.25) is 9.69 Å². The summed E-state index contributed by atoms with van der Waals surface area (Å²) in [6, 6.07) is 6.25. The Morgan fingerprint density at radius 1 is 1.53 bits per heavy atom. The molecule has 1 saturated heterocycles. The van der Waals surface area contributed by atoms with Crippen molar-refractivity contribution in [1.82, 2.24) is 4.90 Å². The number of likely N-dealkylation sites (tertiary alicyclic amines) is 1. The molecule has 19 heavy (non-hydrogen) atoms. The number of hydrogen-bond acceptors (Lipinski definition) is 3. The van der Waals surface area contributed by atoms with Gasteiger partial charge in [0, 0.05) is 6.04 Å². The highest BCUT2D eigenvalue weighted by Crippen LogP contribution is 2.21. The van der Waals surface area contributed by atoms with Crippen molar-refractivity contribution in [3.05, 3.63) is 23.8 Å². The standard InChI is InChI=1S/C15H23N3O/c1-3-12-5-4-8-18(12)10-15(19)17-14-7-6-11(2)9-13(14)16/h6-7,9,12H,3-5,8,10,16H2,1-2H3,(H,17,19). The maximum atomic E-state index is 12.1. The zero-order valence-electron chi connectivity index (χ0n) is 11.8. The average Bonchev–Trinajstić information content (AvgIpc) is 2.80. The van der Waals surface area contributed by atoms with Crippen LogP contribution in [0.2, 0.25) is 0 Å². The summed E-state index contributed by atoms with van der Waals surface area (Å²) in [5.41, 5.74) is 8.34. The van der Waals surface area contributed by atoms with Gasteiger partial charge in [0.2, 0.25) is 5.91 Å². The van der Waals surface area contributed by atoms with Gasteiger partial charge in [-0.05, 0) is 50.4 Å². The maximum absolute atomic E-state index is 12.1. The van der Waals surface area contributed by atoms with Crippen LogP contribution in [-0.2, 0) is 4.79 Å². The molecule has 1 aliphatic rings. The monoisotopic (exact) mass is 261 g/mol. The van der Waals surface area contributed by atoms with Crippen LogP contribution >= 0.6 is 0 Å². The fourth-order valence-electron chi connectivity index (χ4n) is 2.74. The van der Waals surface area contributed by atoms with Gasteiger partial charge in [0.1, 0.15) is 0 Å². The lowest BCUT2D eigenvalue weighted by atomic mass is 10.1. The minimum Gasteiger partial charge on any atom is -0.397 e. The third-order valence-electron chi connectivity index (χ3n) is 3.80. The molecule has 4 heteroatoms. The Kier molecular flexibility index (Phi) is 4.43. The predicted octanol–water partition coefficient (Wildman–Crippen LogP) is 2.39. The van der Waals surface area contributed by atoms with E-state index < -0.39 is 0 Å². The quantitative estimate of drug-likeness (QED) is 0.818. The first kappa shape index (κ1) is 13.9. The van der Waals surface area contributed by atoms with Crippen molar-refractivity contribution >= 4 is 17.3 Å². The first-order chi connectivity index (χ1) is 9.10. The molecule has 1 fully saturated rings. The number of anilines is 2. The van der Waals surface area contributed by atoms with E-state index in [-0.39, 0.29) is 5.91 Å². The molecule has 1 amide bonds. The number of rotatable bonds is 4. The Balaban J connectivity index is 1.94. The van der Waals surface area contributed by atoms with E-state index in [0.29, 0.717) is 24.0 Å². The summed E-state index contributed by atoms with van der Waals surface area (Å²) in [7, 11) is 0. The number of nitrogen functional groups attached to an aromatic ring is 1. The molecular weight excluding hydrogens is 238 g/mol. The van der Waals surface area contributed by atoms with E-state index in [2.05, 4.69) is 17.1 Å². The summed E-state index contributed by atoms with van der Waals surface area (Å²) in [4.78, 5) is 14.3. The molecule has 4 nitrogen and oxygen atoms in total. The molecule has 1 unspecified atom stereocenters. The maximum Gasteiger partial charge on any atom is 0.238 e. The third-order valence-corrected chi connectivity index (χ3v) is 3.80. The average molecular weight is 261 g/mol. The zero-order chi connectivity index (χ0) is 13.8. The Bertz CT molecular complexity index is 459. The molecule has 1 aliphatic heterocycles. The number of benzene rings is 1. The number of nitrogens with zero attached hydrogens (tertiary/aromatic N) is 1. The molecule has 1 aromatic rings. The van der Waals surface area contributed by atoms with Crippen LogP contribution in [0.4, 0.5) is 11.4 Å². The number of nitrogens with one attached hydrogen (secondary N) is 1. The summed E-state index contributed by atoms with van der Waals surface area (Å²) in [6.45, 7) is 5.65. The van der Waals surface area contributed by atoms with E-state index in [9.17, 15) is 4.79 Å². The number of hydrogen-bond donors (Lipinski definition) is 2. The number of aryl methyl sites for hydroxylation is 1. The molecule has 0 spiro atoms. The van der Waals surface area contributed by atoms with E-state index in [1.807, 2.05) is 25.1 Å². The number of amides is 1. The normalized spacial score (nSPS) is 19.6. The highest BCUT2D eigenvalue weighted by atomic mass is 16.2. The van der Waals surface area contributed by atoms with Crippen LogP contribution in [0.3, 0.4) is 0 Å². The summed E-state index contributed by atoms with van der Waals surface area (Å²) < 4.78 is 0. The zero-order valence-corrected chi connectivity index (χ0v) is 11.8. The van der Waals surface area contributed by atoms with Gasteiger partial charge in [-0.2, -0.15) is 0 Å². The summed E-state index contributed by atoms with van der Waals surface area (Å²) in [5, 5.41) is 2.90. The molecule has 1 atom stereocenters. The van der Waals surface area contributed by atoms with E-state index in [4.69, 9.17) is 5.73 Å². The molecule has 1 aromatic carbocycles. The molecule has 0 radical (unpaired) electrons. The SMILES string of the molecule is CCC1CCCN1CC(=O)Nc1ccc(C)cc1N. The molecule has 2 rings (SSSR count). The van der Waals surface area contributed by atoms with Crippen LogP contribution in [0.25, 0.3) is 0 Å². The van der Waals surface area contributed by atoms with E-state index in [1.54, 1.807) is 0 Å². The van der Waals surface area contributed by atoms with E-state index in [0.717, 1.165) is 18.5 Å². The molecule has 0 bridgehead atoms. The lowest BCUT2D eigenvalue weighted by Crippen LogP contribution is -2.36. The van der Waals surface area contributed by atoms with Gasteiger partial charge in [0.15, 0.2) is 0 Å². The van der Waals surface area contributed by atoms with Gasteiger partial charge in [-0.25, -0.2) is 0 Å². The second-order valence-electron chi connectivity index (χ2n) is 5.31. The number of nitrogens with two attached hydrogens (primary N) is 1. The Morgan fingerprint density at radius 2 is 2.32 bits per heavy atom. The lowest BCUT2D eigenvalue weighted by Gasteiger charge is -2.22. The van der Waals surface area contributed by atoms with Crippen molar-refractivity contribution < 1.29 is 4.79 Å². The van der Waals surface area contributed by atoms with Crippen molar-refractivity contribution in [1.29, 1.82) is 0 Å². The Hall–Kier alpha value is -1.55. The smallest absolute Gasteiger partial charge is 0.238 e. The van der Waals surface area contributed by atoms with E-state index in [1.165, 1.54) is 12.8 Å². The number of carbonyl (C=O) groups is 1. The first-order valence-corrected chi connectivity index (χ1v) is 7.00. The molecule has 104 valence electrons. The van der Waals surface area contributed by atoms with Gasteiger partial charge in [0.05, 0.1) is 17.9 Å². The highest BCUT2D eigenvalue weighted by molar-refractivity contribution is 5.95. The lowest BCUT2D eigenvalue weighted by molar-refractivity contribution is -0.117. The fraction of sp³-hybridized carbons (Fsp3) is 0.533. The molecule has 0 saturated carbocycles. The van der Waals surface area contributed by atoms with Gasteiger partial charge in [-0.1, -0.05) is 13.0 Å². The third kappa shape index (κ3) is 3.47. The van der Waals surface area contributed by atoms with Crippen LogP contribution < -0.4 is 11.1 Å². The van der Waals surface area contributed by atoms with Gasteiger partial charge in [-0.15, -0.1) is 0 Å². The summed E-state index contributed by atoms with van der Waals surface area (Å²) >= 11 is 0. The van der Waals surface area contributed by atoms with Crippen molar-refractivity contribution in [3.8, 4) is 0 Å². The second kappa shape index (κ2) is 6.06.